The number of amides is 1. The Morgan fingerprint density at radius 2 is 1.84 bits per heavy atom. The van der Waals surface area contributed by atoms with Crippen LogP contribution in [0.25, 0.3) is 0 Å². The van der Waals surface area contributed by atoms with Gasteiger partial charge in [0.1, 0.15) is 0 Å². The first-order valence-electron chi connectivity index (χ1n) is 10.8. The second kappa shape index (κ2) is 7.64. The van der Waals surface area contributed by atoms with Crippen LogP contribution in [0, 0.1) is 5.82 Å². The van der Waals surface area contributed by atoms with E-state index in [0.717, 1.165) is 19.2 Å². The molecule has 0 radical (unpaired) electrons. The van der Waals surface area contributed by atoms with Crippen LogP contribution in [-0.2, 0) is 16.9 Å². The first-order valence-corrected chi connectivity index (χ1v) is 10.8. The van der Waals surface area contributed by atoms with Gasteiger partial charge in [0.15, 0.2) is 17.9 Å². The van der Waals surface area contributed by atoms with Gasteiger partial charge in [-0.25, -0.2) is 4.39 Å². The molecule has 1 N–H and O–H groups in total. The number of halogens is 1. The van der Waals surface area contributed by atoms with Crippen molar-refractivity contribution in [3.05, 3.63) is 58.4 Å². The van der Waals surface area contributed by atoms with Gasteiger partial charge in [0, 0.05) is 37.4 Å². The molecule has 0 aliphatic carbocycles. The van der Waals surface area contributed by atoms with Crippen molar-refractivity contribution in [2.24, 2.45) is 0 Å². The molecule has 2 aromatic carbocycles. The van der Waals surface area contributed by atoms with Gasteiger partial charge in [0.25, 0.3) is 5.91 Å². The van der Waals surface area contributed by atoms with Gasteiger partial charge in [0.2, 0.25) is 0 Å². The van der Waals surface area contributed by atoms with E-state index in [0.29, 0.717) is 38.8 Å². The quantitative estimate of drug-likeness (QED) is 0.763. The van der Waals surface area contributed by atoms with Crippen LogP contribution >= 0.6 is 0 Å². The average Bonchev–Trinajstić information content (AvgIpc) is 3.45. The zero-order valence-electron chi connectivity index (χ0n) is 17.3. The zero-order chi connectivity index (χ0) is 21.6. The molecule has 7 heteroatoms. The van der Waals surface area contributed by atoms with Crippen molar-refractivity contribution in [1.29, 1.82) is 0 Å². The van der Waals surface area contributed by atoms with E-state index in [2.05, 4.69) is 23.1 Å². The molecule has 162 valence electrons. The third kappa shape index (κ3) is 3.37. The van der Waals surface area contributed by atoms with Crippen molar-refractivity contribution in [2.45, 2.75) is 37.9 Å². The Bertz CT molecular complexity index is 1040. The number of hydrogen-bond donors (Lipinski definition) is 1. The van der Waals surface area contributed by atoms with Gasteiger partial charge < -0.3 is 19.6 Å². The highest BCUT2D eigenvalue weighted by atomic mass is 19.1. The summed E-state index contributed by atoms with van der Waals surface area (Å²) in [4.78, 5) is 28.1. The van der Waals surface area contributed by atoms with Crippen LogP contribution in [0.5, 0.6) is 5.75 Å². The fourth-order valence-electron chi connectivity index (χ4n) is 5.08. The molecule has 31 heavy (non-hydrogen) atoms. The van der Waals surface area contributed by atoms with E-state index in [-0.39, 0.29) is 17.0 Å². The number of phenols is 1. The highest BCUT2D eigenvalue weighted by molar-refractivity contribution is 5.96. The number of carbonyl (C=O) groups excluding carboxylic acids is 2. The normalized spacial score (nSPS) is 19.6. The summed E-state index contributed by atoms with van der Waals surface area (Å²) in [5, 5.41) is 9.60. The van der Waals surface area contributed by atoms with Crippen LogP contribution in [0.4, 0.5) is 10.1 Å². The summed E-state index contributed by atoms with van der Waals surface area (Å²) in [5.74, 6) is -2.04. The summed E-state index contributed by atoms with van der Waals surface area (Å²) >= 11 is 0. The number of piperidine rings is 1. The van der Waals surface area contributed by atoms with E-state index in [4.69, 9.17) is 4.74 Å². The Morgan fingerprint density at radius 1 is 1.10 bits per heavy atom. The molecule has 0 bridgehead atoms. The van der Waals surface area contributed by atoms with E-state index in [1.807, 2.05) is 0 Å². The minimum atomic E-state index is -0.969. The number of fused-ring (bicyclic) bond motifs is 2. The fourth-order valence-corrected chi connectivity index (χ4v) is 5.08. The number of nitrogens with zero attached hydrogens (tertiary/aromatic N) is 2. The van der Waals surface area contributed by atoms with Gasteiger partial charge in [-0.15, -0.1) is 0 Å². The molecular formula is C24H25FN2O4. The van der Waals surface area contributed by atoms with Crippen molar-refractivity contribution >= 4 is 17.9 Å². The average molecular weight is 424 g/mol. The fraction of sp³-hybridized carbons (Fsp3) is 0.417. The van der Waals surface area contributed by atoms with Crippen LogP contribution < -0.4 is 4.90 Å². The predicted octanol–water partition coefficient (Wildman–Crippen LogP) is 3.61. The highest BCUT2D eigenvalue weighted by Gasteiger charge is 2.43. The van der Waals surface area contributed by atoms with Gasteiger partial charge in [0.05, 0.1) is 17.8 Å². The Morgan fingerprint density at radius 3 is 2.55 bits per heavy atom. The van der Waals surface area contributed by atoms with E-state index in [1.54, 1.807) is 4.90 Å². The van der Waals surface area contributed by atoms with Crippen LogP contribution in [0.15, 0.2) is 30.3 Å². The molecular weight excluding hydrogens is 399 g/mol. The van der Waals surface area contributed by atoms with Gasteiger partial charge in [-0.2, -0.15) is 0 Å². The molecule has 0 unspecified atom stereocenters. The molecule has 0 atom stereocenters. The molecule has 6 nitrogen and oxygen atoms in total. The first-order chi connectivity index (χ1) is 15.0. The van der Waals surface area contributed by atoms with Crippen LogP contribution in [0.3, 0.4) is 0 Å². The molecule has 3 heterocycles. The van der Waals surface area contributed by atoms with Crippen LogP contribution in [0.1, 0.15) is 57.5 Å². The smallest absolute Gasteiger partial charge is 0.253 e. The monoisotopic (exact) mass is 424 g/mol. The number of aldehydes is 1. The number of likely N-dealkylation sites (tertiary alicyclic amines) is 1. The maximum atomic E-state index is 13.9. The van der Waals surface area contributed by atoms with Crippen molar-refractivity contribution in [2.75, 3.05) is 31.1 Å². The summed E-state index contributed by atoms with van der Waals surface area (Å²) in [6, 6.07) is 8.82. The SMILES string of the molecule is O=Cc1cc(C(=O)N2CCC3(CC2)OCc2ccc(N4CCCC4)cc23)cc(F)c1O. The van der Waals surface area contributed by atoms with Gasteiger partial charge in [-0.1, -0.05) is 6.07 Å². The highest BCUT2D eigenvalue weighted by Crippen LogP contribution is 2.45. The Balaban J connectivity index is 1.34. The summed E-state index contributed by atoms with van der Waals surface area (Å²) in [5.41, 5.74) is 3.12. The number of phenolic OH excluding ortho intramolecular Hbond substituents is 1. The summed E-state index contributed by atoms with van der Waals surface area (Å²) < 4.78 is 20.2. The summed E-state index contributed by atoms with van der Waals surface area (Å²) in [6.07, 6.45) is 4.12. The molecule has 0 saturated carbocycles. The molecule has 1 amide bonds. The van der Waals surface area contributed by atoms with Crippen molar-refractivity contribution < 1.29 is 23.8 Å². The molecule has 5 rings (SSSR count). The molecule has 0 aromatic heterocycles. The van der Waals surface area contributed by atoms with Gasteiger partial charge in [-0.3, -0.25) is 9.59 Å². The van der Waals surface area contributed by atoms with Gasteiger partial charge in [-0.05, 0) is 61.1 Å². The first kappa shape index (κ1) is 20.0. The lowest BCUT2D eigenvalue weighted by atomic mass is 9.83. The van der Waals surface area contributed by atoms with Crippen LogP contribution in [0.2, 0.25) is 0 Å². The van der Waals surface area contributed by atoms with Crippen molar-refractivity contribution in [1.82, 2.24) is 4.90 Å². The van der Waals surface area contributed by atoms with Crippen molar-refractivity contribution in [3.8, 4) is 5.75 Å². The maximum Gasteiger partial charge on any atom is 0.253 e. The largest absolute Gasteiger partial charge is 0.504 e. The van der Waals surface area contributed by atoms with E-state index < -0.39 is 17.2 Å². The molecule has 3 aliphatic rings. The Kier molecular flexibility index (Phi) is 4.93. The molecule has 3 aliphatic heterocycles. The minimum absolute atomic E-state index is 0.0670. The lowest BCUT2D eigenvalue weighted by molar-refractivity contribution is -0.0741. The molecule has 2 fully saturated rings. The summed E-state index contributed by atoms with van der Waals surface area (Å²) in [7, 11) is 0. The Hall–Kier alpha value is -2.93. The second-order valence-corrected chi connectivity index (χ2v) is 8.62. The number of hydrogen-bond acceptors (Lipinski definition) is 5. The number of benzene rings is 2. The third-order valence-corrected chi connectivity index (χ3v) is 6.88. The number of aromatic hydroxyl groups is 1. The Labute approximate surface area is 180 Å². The molecule has 2 aromatic rings. The van der Waals surface area contributed by atoms with Gasteiger partial charge >= 0.3 is 0 Å². The molecule has 2 saturated heterocycles. The minimum Gasteiger partial charge on any atom is -0.504 e. The second-order valence-electron chi connectivity index (χ2n) is 8.62. The van der Waals surface area contributed by atoms with E-state index >= 15 is 0 Å². The van der Waals surface area contributed by atoms with E-state index in [9.17, 15) is 19.1 Å². The van der Waals surface area contributed by atoms with Crippen molar-refractivity contribution in [3.63, 3.8) is 0 Å². The predicted molar refractivity (Wildman–Crippen MR) is 113 cm³/mol. The number of ether oxygens (including phenoxy) is 1. The summed E-state index contributed by atoms with van der Waals surface area (Å²) in [6.45, 7) is 3.70. The zero-order valence-corrected chi connectivity index (χ0v) is 17.3. The number of rotatable bonds is 3. The lowest BCUT2D eigenvalue weighted by Gasteiger charge is -2.39. The number of carbonyl (C=O) groups is 2. The standard InChI is InChI=1S/C24H25FN2O4/c25-21-12-17(11-18(14-28)22(21)29)23(30)27-9-5-24(6-10-27)20-13-19(26-7-1-2-8-26)4-3-16(20)15-31-24/h3-4,11-14,29H,1-2,5-10,15H2. The number of anilines is 1. The third-order valence-electron chi connectivity index (χ3n) is 6.88. The maximum absolute atomic E-state index is 13.9. The topological polar surface area (TPSA) is 70.1 Å². The van der Waals surface area contributed by atoms with E-state index in [1.165, 1.54) is 35.7 Å². The lowest BCUT2D eigenvalue weighted by Crippen LogP contribution is -2.45. The van der Waals surface area contributed by atoms with Crippen LogP contribution in [-0.4, -0.2) is 48.4 Å². The molecule has 1 spiro atoms.